The van der Waals surface area contributed by atoms with Crippen LogP contribution in [0.1, 0.15) is 0 Å². The summed E-state index contributed by atoms with van der Waals surface area (Å²) < 4.78 is 10.8. The molecule has 0 spiro atoms. The highest BCUT2D eigenvalue weighted by molar-refractivity contribution is 9.09. The molecule has 1 aromatic carbocycles. The molecule has 2 N–H and O–H groups in total. The molecule has 1 aromatic heterocycles. The number of hydrogen-bond donors (Lipinski definition) is 1. The van der Waals surface area contributed by atoms with Gasteiger partial charge < -0.3 is 15.2 Å². The summed E-state index contributed by atoms with van der Waals surface area (Å²) in [5.41, 5.74) is 6.53. The highest BCUT2D eigenvalue weighted by Crippen LogP contribution is 2.33. The Labute approximate surface area is 107 Å². The summed E-state index contributed by atoms with van der Waals surface area (Å²) in [6.07, 6.45) is 1.43. The first-order chi connectivity index (χ1) is 8.26. The number of rotatable bonds is 4. The third-order valence-corrected chi connectivity index (χ3v) is 2.61. The van der Waals surface area contributed by atoms with Gasteiger partial charge in [-0.2, -0.15) is 0 Å². The van der Waals surface area contributed by atoms with E-state index >= 15 is 0 Å². The van der Waals surface area contributed by atoms with E-state index < -0.39 is 0 Å². The maximum atomic E-state index is 5.79. The zero-order valence-corrected chi connectivity index (χ0v) is 10.9. The monoisotopic (exact) mass is 297 g/mol. The number of alkyl halides is 1. The Morgan fingerprint density at radius 2 is 2.12 bits per heavy atom. The second-order valence-electron chi connectivity index (χ2n) is 3.32. The summed E-state index contributed by atoms with van der Waals surface area (Å²) in [4.78, 5) is 8.08. The van der Waals surface area contributed by atoms with Gasteiger partial charge in [-0.15, -0.1) is 0 Å². The molecule has 6 heteroatoms. The van der Waals surface area contributed by atoms with Gasteiger partial charge in [-0.05, 0) is 6.07 Å². The Morgan fingerprint density at radius 3 is 2.82 bits per heavy atom. The predicted molar refractivity (Wildman–Crippen MR) is 69.8 cm³/mol. The standard InChI is InChI=1S/C11H12BrN3O2/c1-16-9-5-8-7(11(13)15-6-14-8)4-10(9)17-3-2-12/h4-6H,2-3H2,1H3,(H2,13,14,15). The molecule has 17 heavy (non-hydrogen) atoms. The third kappa shape index (κ3) is 2.41. The molecule has 1 heterocycles. The van der Waals surface area contributed by atoms with Gasteiger partial charge in [0.1, 0.15) is 12.1 Å². The molecule has 0 aliphatic heterocycles. The molecule has 0 aliphatic rings. The van der Waals surface area contributed by atoms with Crippen LogP contribution in [-0.2, 0) is 0 Å². The van der Waals surface area contributed by atoms with Gasteiger partial charge in [-0.3, -0.25) is 0 Å². The van der Waals surface area contributed by atoms with Crippen LogP contribution in [0.2, 0.25) is 0 Å². The van der Waals surface area contributed by atoms with E-state index in [4.69, 9.17) is 15.2 Å². The summed E-state index contributed by atoms with van der Waals surface area (Å²) in [6, 6.07) is 3.59. The second-order valence-corrected chi connectivity index (χ2v) is 4.11. The van der Waals surface area contributed by atoms with Crippen LogP contribution in [0.3, 0.4) is 0 Å². The number of fused-ring (bicyclic) bond motifs is 1. The van der Waals surface area contributed by atoms with E-state index in [1.807, 2.05) is 0 Å². The Balaban J connectivity index is 2.53. The van der Waals surface area contributed by atoms with Crippen molar-refractivity contribution in [1.29, 1.82) is 0 Å². The van der Waals surface area contributed by atoms with E-state index in [0.29, 0.717) is 23.9 Å². The maximum absolute atomic E-state index is 5.79. The second kappa shape index (κ2) is 5.18. The maximum Gasteiger partial charge on any atom is 0.162 e. The molecule has 0 bridgehead atoms. The fourth-order valence-corrected chi connectivity index (χ4v) is 1.67. The molecule has 0 radical (unpaired) electrons. The molecule has 0 unspecified atom stereocenters. The molecule has 0 amide bonds. The average molecular weight is 298 g/mol. The smallest absolute Gasteiger partial charge is 0.162 e. The van der Waals surface area contributed by atoms with Crippen LogP contribution < -0.4 is 15.2 Å². The number of anilines is 1. The van der Waals surface area contributed by atoms with E-state index in [1.165, 1.54) is 6.33 Å². The number of benzene rings is 1. The number of nitrogens with zero attached hydrogens (tertiary/aromatic N) is 2. The SMILES string of the molecule is COc1cc2ncnc(N)c2cc1OCCBr. The number of halogens is 1. The minimum absolute atomic E-state index is 0.432. The van der Waals surface area contributed by atoms with Crippen LogP contribution in [-0.4, -0.2) is 29.0 Å². The molecular formula is C11H12BrN3O2. The largest absolute Gasteiger partial charge is 0.493 e. The molecule has 2 rings (SSSR count). The first kappa shape index (κ1) is 11.9. The van der Waals surface area contributed by atoms with Crippen molar-refractivity contribution in [3.05, 3.63) is 18.5 Å². The van der Waals surface area contributed by atoms with Gasteiger partial charge in [0.25, 0.3) is 0 Å². The lowest BCUT2D eigenvalue weighted by molar-refractivity contribution is 0.315. The number of hydrogen-bond acceptors (Lipinski definition) is 5. The van der Waals surface area contributed by atoms with Gasteiger partial charge in [-0.25, -0.2) is 9.97 Å². The molecule has 0 fully saturated rings. The van der Waals surface area contributed by atoms with E-state index in [9.17, 15) is 0 Å². The fourth-order valence-electron chi connectivity index (χ4n) is 1.50. The normalized spacial score (nSPS) is 10.5. The van der Waals surface area contributed by atoms with Crippen molar-refractivity contribution in [2.24, 2.45) is 0 Å². The molecule has 0 atom stereocenters. The zero-order chi connectivity index (χ0) is 12.3. The van der Waals surface area contributed by atoms with Crippen molar-refractivity contribution in [2.45, 2.75) is 0 Å². The molecule has 5 nitrogen and oxygen atoms in total. The number of nitrogen functional groups attached to an aromatic ring is 1. The fraction of sp³-hybridized carbons (Fsp3) is 0.273. The van der Waals surface area contributed by atoms with Crippen LogP contribution in [0.4, 0.5) is 5.82 Å². The minimum atomic E-state index is 0.432. The minimum Gasteiger partial charge on any atom is -0.493 e. The number of ether oxygens (including phenoxy) is 2. The van der Waals surface area contributed by atoms with Crippen LogP contribution in [0.15, 0.2) is 18.5 Å². The van der Waals surface area contributed by atoms with Crippen LogP contribution in [0, 0.1) is 0 Å². The van der Waals surface area contributed by atoms with Gasteiger partial charge in [-0.1, -0.05) is 15.9 Å². The third-order valence-electron chi connectivity index (χ3n) is 2.29. The Kier molecular flexibility index (Phi) is 3.63. The predicted octanol–water partition coefficient (Wildman–Crippen LogP) is 1.99. The van der Waals surface area contributed by atoms with Crippen molar-refractivity contribution in [3.63, 3.8) is 0 Å². The van der Waals surface area contributed by atoms with Crippen molar-refractivity contribution >= 4 is 32.7 Å². The Morgan fingerprint density at radius 1 is 1.29 bits per heavy atom. The van der Waals surface area contributed by atoms with E-state index in [0.717, 1.165) is 16.2 Å². The van der Waals surface area contributed by atoms with Crippen molar-refractivity contribution < 1.29 is 9.47 Å². The Hall–Kier alpha value is -1.56. The first-order valence-corrected chi connectivity index (χ1v) is 6.15. The zero-order valence-electron chi connectivity index (χ0n) is 9.31. The van der Waals surface area contributed by atoms with Gasteiger partial charge in [0.15, 0.2) is 11.5 Å². The summed E-state index contributed by atoms with van der Waals surface area (Å²) in [6.45, 7) is 0.551. The molecule has 2 aromatic rings. The summed E-state index contributed by atoms with van der Waals surface area (Å²) >= 11 is 3.30. The number of nitrogens with two attached hydrogens (primary N) is 1. The van der Waals surface area contributed by atoms with Crippen LogP contribution >= 0.6 is 15.9 Å². The van der Waals surface area contributed by atoms with E-state index in [1.54, 1.807) is 19.2 Å². The van der Waals surface area contributed by atoms with Gasteiger partial charge in [0.2, 0.25) is 0 Å². The van der Waals surface area contributed by atoms with Crippen molar-refractivity contribution in [1.82, 2.24) is 9.97 Å². The molecule has 0 saturated carbocycles. The average Bonchev–Trinajstić information content (AvgIpc) is 2.36. The van der Waals surface area contributed by atoms with Gasteiger partial charge >= 0.3 is 0 Å². The highest BCUT2D eigenvalue weighted by atomic mass is 79.9. The van der Waals surface area contributed by atoms with E-state index in [-0.39, 0.29) is 0 Å². The number of methoxy groups -OCH3 is 1. The number of aromatic nitrogens is 2. The molecule has 0 saturated heterocycles. The summed E-state index contributed by atoms with van der Waals surface area (Å²) in [7, 11) is 1.59. The highest BCUT2D eigenvalue weighted by Gasteiger charge is 2.09. The van der Waals surface area contributed by atoms with Gasteiger partial charge in [0.05, 0.1) is 19.2 Å². The summed E-state index contributed by atoms with van der Waals surface area (Å²) in [5, 5.41) is 1.51. The lowest BCUT2D eigenvalue weighted by atomic mass is 10.2. The Bertz CT molecular complexity index is 533. The van der Waals surface area contributed by atoms with Crippen molar-refractivity contribution in [2.75, 3.05) is 24.8 Å². The first-order valence-electron chi connectivity index (χ1n) is 5.03. The molecule has 90 valence electrons. The van der Waals surface area contributed by atoms with Gasteiger partial charge in [0, 0.05) is 16.8 Å². The lowest BCUT2D eigenvalue weighted by Gasteiger charge is -2.11. The van der Waals surface area contributed by atoms with Crippen LogP contribution in [0.5, 0.6) is 11.5 Å². The lowest BCUT2D eigenvalue weighted by Crippen LogP contribution is -2.01. The topological polar surface area (TPSA) is 70.3 Å². The summed E-state index contributed by atoms with van der Waals surface area (Å²) in [5.74, 6) is 1.71. The molecule has 0 aliphatic carbocycles. The van der Waals surface area contributed by atoms with E-state index in [2.05, 4.69) is 25.9 Å². The van der Waals surface area contributed by atoms with Crippen molar-refractivity contribution in [3.8, 4) is 11.5 Å². The van der Waals surface area contributed by atoms with Crippen LogP contribution in [0.25, 0.3) is 10.9 Å². The molecular weight excluding hydrogens is 286 g/mol. The quantitative estimate of drug-likeness (QED) is 0.874.